The van der Waals surface area contributed by atoms with Crippen LogP contribution >= 0.6 is 15.9 Å². The van der Waals surface area contributed by atoms with Gasteiger partial charge in [-0.05, 0) is 66.9 Å². The molecule has 3 rings (SSSR count). The fourth-order valence-electron chi connectivity index (χ4n) is 3.86. The Hall–Kier alpha value is -3.37. The van der Waals surface area contributed by atoms with Crippen LogP contribution in [0.4, 0.5) is 5.69 Å². The van der Waals surface area contributed by atoms with Gasteiger partial charge in [0.2, 0.25) is 11.8 Å². The van der Waals surface area contributed by atoms with Crippen molar-refractivity contribution < 1.29 is 22.7 Å². The van der Waals surface area contributed by atoms with Gasteiger partial charge in [-0.15, -0.1) is 0 Å². The summed E-state index contributed by atoms with van der Waals surface area (Å²) in [5.41, 5.74) is 1.07. The molecule has 3 aromatic rings. The molecule has 0 unspecified atom stereocenters. The molecule has 1 N–H and O–H groups in total. The van der Waals surface area contributed by atoms with E-state index in [0.29, 0.717) is 18.0 Å². The van der Waals surface area contributed by atoms with E-state index in [9.17, 15) is 18.0 Å². The lowest BCUT2D eigenvalue weighted by molar-refractivity contribution is -0.139. The van der Waals surface area contributed by atoms with Gasteiger partial charge in [-0.25, -0.2) is 8.42 Å². The molecule has 0 saturated carbocycles. The number of hydrogen-bond acceptors (Lipinski definition) is 5. The second-order valence-corrected chi connectivity index (χ2v) is 12.3. The normalized spacial score (nSPS) is 12.1. The molecule has 0 saturated heterocycles. The first-order valence-electron chi connectivity index (χ1n) is 12.6. The average Bonchev–Trinajstić information content (AvgIpc) is 2.93. The molecule has 1 atom stereocenters. The maximum Gasteiger partial charge on any atom is 0.264 e. The highest BCUT2D eigenvalue weighted by atomic mass is 79.9. The Bertz CT molecular complexity index is 1370. The number of halogens is 1. The van der Waals surface area contributed by atoms with E-state index in [4.69, 9.17) is 4.74 Å². The highest BCUT2D eigenvalue weighted by molar-refractivity contribution is 9.10. The largest absolute Gasteiger partial charge is 0.497 e. The first kappa shape index (κ1) is 30.2. The smallest absolute Gasteiger partial charge is 0.264 e. The van der Waals surface area contributed by atoms with Crippen molar-refractivity contribution in [2.75, 3.05) is 24.5 Å². The first-order chi connectivity index (χ1) is 18.5. The van der Waals surface area contributed by atoms with E-state index in [1.165, 1.54) is 17.0 Å². The molecule has 0 fully saturated rings. The topological polar surface area (TPSA) is 96.0 Å². The molecule has 0 bridgehead atoms. The molecule has 39 heavy (non-hydrogen) atoms. The zero-order chi connectivity index (χ0) is 28.6. The van der Waals surface area contributed by atoms with E-state index < -0.39 is 28.5 Å². The monoisotopic (exact) mass is 615 g/mol. The third-order valence-electron chi connectivity index (χ3n) is 6.06. The molecular weight excluding hydrogens is 582 g/mol. The second kappa shape index (κ2) is 13.6. The van der Waals surface area contributed by atoms with Crippen LogP contribution < -0.4 is 14.4 Å². The van der Waals surface area contributed by atoms with E-state index in [0.717, 1.165) is 14.3 Å². The van der Waals surface area contributed by atoms with E-state index in [2.05, 4.69) is 21.2 Å². The molecule has 3 aromatic carbocycles. The Labute approximate surface area is 239 Å². The zero-order valence-electron chi connectivity index (χ0n) is 22.5. The molecule has 8 nitrogen and oxygen atoms in total. The fraction of sp³-hybridized carbons (Fsp3) is 0.310. The fourth-order valence-corrected chi connectivity index (χ4v) is 5.56. The molecule has 10 heteroatoms. The van der Waals surface area contributed by atoms with Gasteiger partial charge in [-0.3, -0.25) is 13.9 Å². The standard InChI is InChI=1S/C29H34BrN3O5S/c1-21(2)18-31-29(35)22(3)32(19-23-9-8-10-26(17-23)38-4)28(34)20-33(25-15-13-24(30)14-16-25)39(36,37)27-11-6-5-7-12-27/h5-17,21-22H,18-20H2,1-4H3,(H,31,35)/t22-/m0/s1. The summed E-state index contributed by atoms with van der Waals surface area (Å²) in [6.45, 7) is 5.65. The summed E-state index contributed by atoms with van der Waals surface area (Å²) in [5, 5.41) is 2.88. The molecule has 0 aliphatic rings. The Morgan fingerprint density at radius 1 is 0.949 bits per heavy atom. The molecule has 0 aromatic heterocycles. The Morgan fingerprint density at radius 2 is 1.62 bits per heavy atom. The predicted molar refractivity (Wildman–Crippen MR) is 156 cm³/mol. The number of amides is 2. The van der Waals surface area contributed by atoms with Crippen LogP contribution in [0.5, 0.6) is 5.75 Å². The quantitative estimate of drug-likeness (QED) is 0.314. The second-order valence-electron chi connectivity index (χ2n) is 9.49. The van der Waals surface area contributed by atoms with Crippen molar-refractivity contribution in [2.45, 2.75) is 38.3 Å². The number of ether oxygens (including phenoxy) is 1. The Kier molecular flexibility index (Phi) is 10.5. The van der Waals surface area contributed by atoms with Crippen molar-refractivity contribution in [3.8, 4) is 5.75 Å². The SMILES string of the molecule is COc1cccc(CN(C(=O)CN(c2ccc(Br)cc2)S(=O)(=O)c2ccccc2)[C@@H](C)C(=O)NCC(C)C)c1. The van der Waals surface area contributed by atoms with E-state index in [-0.39, 0.29) is 23.3 Å². The van der Waals surface area contributed by atoms with Crippen LogP contribution in [0.2, 0.25) is 0 Å². The lowest BCUT2D eigenvalue weighted by atomic mass is 10.1. The van der Waals surface area contributed by atoms with Crippen LogP contribution in [0.25, 0.3) is 0 Å². The van der Waals surface area contributed by atoms with Gasteiger partial charge in [0.25, 0.3) is 10.0 Å². The van der Waals surface area contributed by atoms with Gasteiger partial charge in [-0.1, -0.05) is 60.1 Å². The number of methoxy groups -OCH3 is 1. The van der Waals surface area contributed by atoms with Crippen LogP contribution in [-0.4, -0.2) is 51.4 Å². The summed E-state index contributed by atoms with van der Waals surface area (Å²) in [6, 6.07) is 21.0. The van der Waals surface area contributed by atoms with E-state index in [1.807, 2.05) is 19.9 Å². The van der Waals surface area contributed by atoms with Crippen LogP contribution in [0, 0.1) is 5.92 Å². The third-order valence-corrected chi connectivity index (χ3v) is 8.38. The van der Waals surface area contributed by atoms with Gasteiger partial charge in [-0.2, -0.15) is 0 Å². The molecule has 0 aliphatic heterocycles. The van der Waals surface area contributed by atoms with Gasteiger partial charge < -0.3 is 15.0 Å². The van der Waals surface area contributed by atoms with Crippen LogP contribution in [0.15, 0.2) is 88.2 Å². The highest BCUT2D eigenvalue weighted by Crippen LogP contribution is 2.26. The van der Waals surface area contributed by atoms with Crippen molar-refractivity contribution in [3.05, 3.63) is 88.9 Å². The zero-order valence-corrected chi connectivity index (χ0v) is 24.9. The summed E-state index contributed by atoms with van der Waals surface area (Å²) in [6.07, 6.45) is 0. The summed E-state index contributed by atoms with van der Waals surface area (Å²) < 4.78 is 34.7. The van der Waals surface area contributed by atoms with Crippen LogP contribution in [-0.2, 0) is 26.2 Å². The maximum absolute atomic E-state index is 13.9. The van der Waals surface area contributed by atoms with Crippen molar-refractivity contribution >= 4 is 43.5 Å². The summed E-state index contributed by atoms with van der Waals surface area (Å²) in [4.78, 5) is 28.4. The van der Waals surface area contributed by atoms with Crippen molar-refractivity contribution in [3.63, 3.8) is 0 Å². The number of carbonyl (C=O) groups excluding carboxylic acids is 2. The van der Waals surface area contributed by atoms with Crippen LogP contribution in [0.3, 0.4) is 0 Å². The maximum atomic E-state index is 13.9. The minimum absolute atomic E-state index is 0.0581. The number of hydrogen-bond donors (Lipinski definition) is 1. The van der Waals surface area contributed by atoms with Crippen LogP contribution in [0.1, 0.15) is 26.3 Å². The molecule has 2 amide bonds. The number of carbonyl (C=O) groups is 2. The molecule has 0 spiro atoms. The summed E-state index contributed by atoms with van der Waals surface area (Å²) in [5.74, 6) is 0.000972. The molecule has 0 radical (unpaired) electrons. The van der Waals surface area contributed by atoms with Gasteiger partial charge >= 0.3 is 0 Å². The summed E-state index contributed by atoms with van der Waals surface area (Å²) in [7, 11) is -2.55. The number of anilines is 1. The first-order valence-corrected chi connectivity index (χ1v) is 14.8. The van der Waals surface area contributed by atoms with Crippen molar-refractivity contribution in [2.24, 2.45) is 5.92 Å². The van der Waals surface area contributed by atoms with Crippen molar-refractivity contribution in [1.29, 1.82) is 0 Å². The highest BCUT2D eigenvalue weighted by Gasteiger charge is 2.32. The molecular formula is C29H34BrN3O5S. The van der Waals surface area contributed by atoms with E-state index >= 15 is 0 Å². The number of rotatable bonds is 12. The lowest BCUT2D eigenvalue weighted by Gasteiger charge is -2.32. The van der Waals surface area contributed by atoms with E-state index in [1.54, 1.807) is 74.7 Å². The Morgan fingerprint density at radius 3 is 2.23 bits per heavy atom. The molecule has 208 valence electrons. The number of sulfonamides is 1. The number of benzene rings is 3. The minimum Gasteiger partial charge on any atom is -0.497 e. The number of nitrogens with one attached hydrogen (secondary N) is 1. The lowest BCUT2D eigenvalue weighted by Crippen LogP contribution is -2.51. The van der Waals surface area contributed by atoms with Gasteiger partial charge in [0, 0.05) is 17.6 Å². The molecule has 0 heterocycles. The van der Waals surface area contributed by atoms with Crippen molar-refractivity contribution in [1.82, 2.24) is 10.2 Å². The average molecular weight is 617 g/mol. The van der Waals surface area contributed by atoms with Gasteiger partial charge in [0.05, 0.1) is 17.7 Å². The van der Waals surface area contributed by atoms with Gasteiger partial charge in [0.15, 0.2) is 0 Å². The number of nitrogens with zero attached hydrogens (tertiary/aromatic N) is 2. The van der Waals surface area contributed by atoms with Gasteiger partial charge in [0.1, 0.15) is 18.3 Å². The third kappa shape index (κ3) is 8.06. The predicted octanol–water partition coefficient (Wildman–Crippen LogP) is 4.84. The minimum atomic E-state index is -4.10. The summed E-state index contributed by atoms with van der Waals surface area (Å²) >= 11 is 3.37. The molecule has 0 aliphatic carbocycles. The Balaban J connectivity index is 2.00.